The van der Waals surface area contributed by atoms with E-state index in [1.54, 1.807) is 18.9 Å². The van der Waals surface area contributed by atoms with Gasteiger partial charge in [0, 0.05) is 82.0 Å². The second-order valence-corrected chi connectivity index (χ2v) is 11.0. The molecule has 0 aliphatic carbocycles. The van der Waals surface area contributed by atoms with Crippen molar-refractivity contribution in [1.29, 1.82) is 0 Å². The quantitative estimate of drug-likeness (QED) is 0.475. The van der Waals surface area contributed by atoms with Crippen molar-refractivity contribution in [2.24, 2.45) is 0 Å². The minimum atomic E-state index is -0.830. The Bertz CT molecular complexity index is 1310. The molecular formula is C29H37FN6O4. The van der Waals surface area contributed by atoms with E-state index in [0.29, 0.717) is 45.9 Å². The molecule has 6 heterocycles. The summed E-state index contributed by atoms with van der Waals surface area (Å²) in [4.78, 5) is 31.4. The van der Waals surface area contributed by atoms with Crippen LogP contribution in [0.4, 0.5) is 14.9 Å². The maximum atomic E-state index is 13.5. The first-order valence-electron chi connectivity index (χ1n) is 14.1. The highest BCUT2D eigenvalue weighted by atomic mass is 19.1. The van der Waals surface area contributed by atoms with Crippen LogP contribution in [-0.4, -0.2) is 109 Å². The van der Waals surface area contributed by atoms with Crippen molar-refractivity contribution in [1.82, 2.24) is 24.8 Å². The molecule has 0 saturated carbocycles. The number of carbonyl (C=O) groups excluding carboxylic acids is 1. The fourth-order valence-electron chi connectivity index (χ4n) is 5.94. The van der Waals surface area contributed by atoms with E-state index in [1.807, 2.05) is 24.5 Å². The van der Waals surface area contributed by atoms with Crippen LogP contribution in [0.2, 0.25) is 0 Å². The molecule has 3 fully saturated rings. The first-order valence-corrected chi connectivity index (χ1v) is 14.1. The minimum absolute atomic E-state index is 0.115. The largest absolute Gasteiger partial charge is 0.441 e. The molecule has 3 aliphatic rings. The first-order chi connectivity index (χ1) is 19.4. The van der Waals surface area contributed by atoms with Gasteiger partial charge in [-0.05, 0) is 38.0 Å². The third-order valence-corrected chi connectivity index (χ3v) is 8.39. The number of hydrogen-bond donors (Lipinski definition) is 1. The Labute approximate surface area is 233 Å². The van der Waals surface area contributed by atoms with Crippen LogP contribution in [0.25, 0.3) is 22.4 Å². The zero-order chi connectivity index (χ0) is 27.7. The van der Waals surface area contributed by atoms with Gasteiger partial charge in [0.05, 0.1) is 30.2 Å². The van der Waals surface area contributed by atoms with Crippen molar-refractivity contribution in [3.05, 3.63) is 42.2 Å². The van der Waals surface area contributed by atoms with Crippen LogP contribution in [-0.2, 0) is 19.8 Å². The molecule has 0 radical (unpaired) electrons. The second kappa shape index (κ2) is 11.3. The molecule has 3 aliphatic heterocycles. The monoisotopic (exact) mass is 552 g/mol. The molecule has 3 aromatic rings. The zero-order valence-corrected chi connectivity index (χ0v) is 23.1. The fraction of sp³-hybridized carbons (Fsp3) is 0.552. The van der Waals surface area contributed by atoms with Gasteiger partial charge in [-0.2, -0.15) is 0 Å². The number of fused-ring (bicyclic) bond motifs is 1. The van der Waals surface area contributed by atoms with Crippen LogP contribution in [0.5, 0.6) is 0 Å². The van der Waals surface area contributed by atoms with Gasteiger partial charge in [-0.25, -0.2) is 14.2 Å². The van der Waals surface area contributed by atoms with E-state index in [9.17, 15) is 9.18 Å². The Hall–Kier alpha value is -3.28. The zero-order valence-electron chi connectivity index (χ0n) is 23.1. The molecule has 10 nitrogen and oxygen atoms in total. The van der Waals surface area contributed by atoms with Gasteiger partial charge in [0.15, 0.2) is 6.10 Å². The molecular weight excluding hydrogens is 515 g/mol. The number of aromatic amines is 1. The van der Waals surface area contributed by atoms with E-state index in [4.69, 9.17) is 19.2 Å². The van der Waals surface area contributed by atoms with Crippen LogP contribution < -0.4 is 4.90 Å². The maximum absolute atomic E-state index is 13.5. The fourth-order valence-corrected chi connectivity index (χ4v) is 5.94. The van der Waals surface area contributed by atoms with Gasteiger partial charge in [-0.1, -0.05) is 6.07 Å². The van der Waals surface area contributed by atoms with Gasteiger partial charge < -0.3 is 33.9 Å². The van der Waals surface area contributed by atoms with Crippen LogP contribution in [0, 0.1) is 0 Å². The van der Waals surface area contributed by atoms with Gasteiger partial charge in [-0.15, -0.1) is 0 Å². The normalized spacial score (nSPS) is 20.9. The number of hydrogen-bond acceptors (Lipinski definition) is 8. The second-order valence-electron chi connectivity index (χ2n) is 11.0. The molecule has 1 amide bonds. The van der Waals surface area contributed by atoms with Gasteiger partial charge in [0.1, 0.15) is 11.8 Å². The number of aromatic nitrogens is 3. The number of amides is 1. The molecule has 214 valence electrons. The molecule has 0 aromatic carbocycles. The van der Waals surface area contributed by atoms with Gasteiger partial charge in [-0.3, -0.25) is 4.98 Å². The van der Waals surface area contributed by atoms with E-state index in [0.717, 1.165) is 59.6 Å². The lowest BCUT2D eigenvalue weighted by molar-refractivity contribution is -0.104. The lowest BCUT2D eigenvalue weighted by atomic mass is 9.84. The Morgan fingerprint density at radius 3 is 2.55 bits per heavy atom. The summed E-state index contributed by atoms with van der Waals surface area (Å²) in [6.07, 6.45) is 4.11. The summed E-state index contributed by atoms with van der Waals surface area (Å²) in [5.41, 5.74) is 4.24. The van der Waals surface area contributed by atoms with Gasteiger partial charge in [0.25, 0.3) is 0 Å². The van der Waals surface area contributed by atoms with Crippen LogP contribution >= 0.6 is 0 Å². The number of alkyl halides is 1. The van der Waals surface area contributed by atoms with Crippen LogP contribution in [0.15, 0.2) is 36.7 Å². The maximum Gasteiger partial charge on any atom is 0.410 e. The van der Waals surface area contributed by atoms with Crippen molar-refractivity contribution in [3.8, 4) is 11.4 Å². The smallest absolute Gasteiger partial charge is 0.410 e. The lowest BCUT2D eigenvalue weighted by Gasteiger charge is -2.41. The Balaban J connectivity index is 1.14. The molecule has 3 saturated heterocycles. The molecule has 3 aromatic heterocycles. The summed E-state index contributed by atoms with van der Waals surface area (Å²) >= 11 is 0. The van der Waals surface area contributed by atoms with E-state index in [-0.39, 0.29) is 12.2 Å². The minimum Gasteiger partial charge on any atom is -0.441 e. The lowest BCUT2D eigenvalue weighted by Crippen LogP contribution is -2.51. The number of anilines is 1. The number of nitrogens with zero attached hydrogens (tertiary/aromatic N) is 5. The molecule has 0 bridgehead atoms. The van der Waals surface area contributed by atoms with Crippen molar-refractivity contribution in [2.45, 2.75) is 37.6 Å². The molecule has 1 N–H and O–H groups in total. The number of rotatable bonds is 7. The van der Waals surface area contributed by atoms with Crippen LogP contribution in [0.3, 0.4) is 0 Å². The molecule has 0 unspecified atom stereocenters. The standard InChI is InChI=1S/C29H37FN6O4/c1-20(30)17-34-9-6-29(38-2,7-10-34)21-3-4-24(32-16-21)25-15-23-26(5-8-31-27(23)33-25)35-11-13-36(14-12-35)28(37)40-22-18-39-19-22/h3-5,8,15-16,20,22H,6-7,9-14,17-19H2,1-2H3,(H,31,33)/t20-/m0/s1. The number of pyridine rings is 2. The average Bonchev–Trinajstić information content (AvgIpc) is 3.40. The van der Waals surface area contributed by atoms with E-state index in [2.05, 4.69) is 31.9 Å². The van der Waals surface area contributed by atoms with E-state index in [1.165, 1.54) is 0 Å². The number of piperidine rings is 1. The Morgan fingerprint density at radius 2 is 1.93 bits per heavy atom. The molecule has 6 rings (SSSR count). The van der Waals surface area contributed by atoms with Crippen LogP contribution in [0.1, 0.15) is 25.3 Å². The van der Waals surface area contributed by atoms with Crippen molar-refractivity contribution >= 4 is 22.8 Å². The highest BCUT2D eigenvalue weighted by molar-refractivity contribution is 5.93. The predicted molar refractivity (Wildman–Crippen MR) is 149 cm³/mol. The van der Waals surface area contributed by atoms with Gasteiger partial charge in [0.2, 0.25) is 0 Å². The molecule has 0 spiro atoms. The number of H-pyrrole nitrogens is 1. The number of halogens is 1. The number of ether oxygens (including phenoxy) is 3. The number of carbonyl (C=O) groups is 1. The Morgan fingerprint density at radius 1 is 1.15 bits per heavy atom. The highest BCUT2D eigenvalue weighted by Gasteiger charge is 2.37. The van der Waals surface area contributed by atoms with E-state index < -0.39 is 11.8 Å². The molecule has 11 heteroatoms. The topological polar surface area (TPSA) is 96.1 Å². The summed E-state index contributed by atoms with van der Waals surface area (Å²) < 4.78 is 30.1. The van der Waals surface area contributed by atoms with E-state index >= 15 is 0 Å². The molecule has 1 atom stereocenters. The number of piperazine rings is 1. The summed E-state index contributed by atoms with van der Waals surface area (Å²) in [6.45, 7) is 7.26. The Kier molecular flexibility index (Phi) is 7.61. The van der Waals surface area contributed by atoms with Crippen molar-refractivity contribution in [2.75, 3.05) is 71.0 Å². The van der Waals surface area contributed by atoms with Crippen molar-refractivity contribution in [3.63, 3.8) is 0 Å². The summed E-state index contributed by atoms with van der Waals surface area (Å²) in [6, 6.07) is 8.23. The van der Waals surface area contributed by atoms with Gasteiger partial charge >= 0.3 is 6.09 Å². The molecule has 40 heavy (non-hydrogen) atoms. The summed E-state index contributed by atoms with van der Waals surface area (Å²) in [5.74, 6) is 0. The first kappa shape index (κ1) is 26.9. The average molecular weight is 553 g/mol. The third-order valence-electron chi connectivity index (χ3n) is 8.39. The summed E-state index contributed by atoms with van der Waals surface area (Å²) in [5, 5.41) is 1.02. The van der Waals surface area contributed by atoms with Crippen molar-refractivity contribution < 1.29 is 23.4 Å². The number of likely N-dealkylation sites (tertiary alicyclic amines) is 1. The third kappa shape index (κ3) is 5.37. The predicted octanol–water partition coefficient (Wildman–Crippen LogP) is 3.58. The highest BCUT2D eigenvalue weighted by Crippen LogP contribution is 2.37. The number of nitrogens with one attached hydrogen (secondary N) is 1. The number of methoxy groups -OCH3 is 1. The SMILES string of the molecule is COC1(c2ccc(-c3cc4c(N5CCN(C(=O)OC6COC6)CC5)ccnc4[nH]3)nc2)CCN(C[C@H](C)F)CC1. The summed E-state index contributed by atoms with van der Waals surface area (Å²) in [7, 11) is 1.75.